The summed E-state index contributed by atoms with van der Waals surface area (Å²) in [7, 11) is -3.60. The molecular weight excluding hydrogens is 484 g/mol. The summed E-state index contributed by atoms with van der Waals surface area (Å²) in [5.41, 5.74) is 6.53. The molecule has 0 aliphatic heterocycles. The van der Waals surface area contributed by atoms with Gasteiger partial charge in [-0.15, -0.1) is 0 Å². The number of anilines is 2. The molecule has 35 heavy (non-hydrogen) atoms. The zero-order valence-corrected chi connectivity index (χ0v) is 20.6. The third kappa shape index (κ3) is 7.04. The van der Waals surface area contributed by atoms with Crippen molar-refractivity contribution in [2.45, 2.75) is 38.0 Å². The second kappa shape index (κ2) is 12.5. The molecule has 10 heteroatoms. The minimum atomic E-state index is -3.60. The highest BCUT2D eigenvalue weighted by Crippen LogP contribution is 2.30. The maximum atomic E-state index is 12.6. The number of hydrogen-bond acceptors (Lipinski definition) is 7. The quantitative estimate of drug-likeness (QED) is 0.312. The zero-order valence-electron chi connectivity index (χ0n) is 19.0. The van der Waals surface area contributed by atoms with Crippen molar-refractivity contribution in [2.24, 2.45) is 17.6 Å². The second-order valence-electron chi connectivity index (χ2n) is 8.68. The van der Waals surface area contributed by atoms with E-state index in [1.54, 1.807) is 18.2 Å². The fourth-order valence-corrected chi connectivity index (χ4v) is 5.96. The molecule has 190 valence electrons. The first-order valence-electron chi connectivity index (χ1n) is 11.6. The molecule has 1 aromatic heterocycles. The zero-order chi connectivity index (χ0) is 24.0. The van der Waals surface area contributed by atoms with Crippen LogP contribution >= 0.6 is 11.6 Å². The van der Waals surface area contributed by atoms with Gasteiger partial charge in [0.1, 0.15) is 10.7 Å². The number of nitrogens with two attached hydrogens (primary N) is 1. The average molecular weight is 519 g/mol. The highest BCUT2D eigenvalue weighted by atomic mass is 35.5. The molecule has 0 saturated heterocycles. The Morgan fingerprint density at radius 1 is 0.914 bits per heavy atom. The van der Waals surface area contributed by atoms with E-state index in [1.807, 2.05) is 24.3 Å². The standard InChI is InChI=1S/C24H31ClN6O2S.CH4/c25-20-6-2-4-8-22(20)34(32,33)29-16-18-11-9-17(10-12-18)15-28-24-30-21-7-3-1-5-19(21)23(31-24)27-14-13-26;/h1-8,17-18,29H,9-16,26H2,(H2,27,28,30,31);1H4. The number of nitrogens with one attached hydrogen (secondary N) is 3. The molecule has 1 heterocycles. The number of sulfonamides is 1. The molecule has 5 N–H and O–H groups in total. The van der Waals surface area contributed by atoms with E-state index in [9.17, 15) is 8.42 Å². The highest BCUT2D eigenvalue weighted by molar-refractivity contribution is 7.89. The Balaban J connectivity index is 0.00000342. The first-order chi connectivity index (χ1) is 16.5. The number of rotatable bonds is 10. The topological polar surface area (TPSA) is 122 Å². The van der Waals surface area contributed by atoms with Crippen LogP contribution in [0.5, 0.6) is 0 Å². The predicted octanol–water partition coefficient (Wildman–Crippen LogP) is 4.49. The van der Waals surface area contributed by atoms with Crippen LogP contribution in [-0.4, -0.2) is 44.6 Å². The summed E-state index contributed by atoms with van der Waals surface area (Å²) in [6.45, 7) is 2.38. The first kappa shape index (κ1) is 27.1. The van der Waals surface area contributed by atoms with E-state index < -0.39 is 10.0 Å². The van der Waals surface area contributed by atoms with Crippen LogP contribution < -0.4 is 21.1 Å². The Bertz CT molecular complexity index is 1220. The van der Waals surface area contributed by atoms with Crippen molar-refractivity contribution in [1.29, 1.82) is 0 Å². The number of halogens is 1. The summed E-state index contributed by atoms with van der Waals surface area (Å²) in [6.07, 6.45) is 3.99. The second-order valence-corrected chi connectivity index (χ2v) is 10.8. The van der Waals surface area contributed by atoms with Gasteiger partial charge < -0.3 is 16.4 Å². The van der Waals surface area contributed by atoms with Crippen LogP contribution in [0.4, 0.5) is 11.8 Å². The maximum Gasteiger partial charge on any atom is 0.242 e. The number of nitrogens with zero attached hydrogens (tertiary/aromatic N) is 2. The first-order valence-corrected chi connectivity index (χ1v) is 13.5. The molecule has 0 unspecified atom stereocenters. The molecule has 4 rings (SSSR count). The maximum absolute atomic E-state index is 12.6. The highest BCUT2D eigenvalue weighted by Gasteiger charge is 2.24. The number of hydrogen-bond donors (Lipinski definition) is 4. The van der Waals surface area contributed by atoms with E-state index in [0.717, 1.165) is 48.9 Å². The SMILES string of the molecule is C.NCCNc1nc(NCC2CCC(CNS(=O)(=O)c3ccccc3Cl)CC2)nc2ccccc12. The smallest absolute Gasteiger partial charge is 0.242 e. The van der Waals surface area contributed by atoms with Gasteiger partial charge >= 0.3 is 0 Å². The van der Waals surface area contributed by atoms with E-state index in [1.165, 1.54) is 6.07 Å². The lowest BCUT2D eigenvalue weighted by Gasteiger charge is -2.28. The largest absolute Gasteiger partial charge is 0.368 e. The third-order valence-electron chi connectivity index (χ3n) is 6.24. The molecule has 1 aliphatic carbocycles. The van der Waals surface area contributed by atoms with Gasteiger partial charge in [0.15, 0.2) is 0 Å². The van der Waals surface area contributed by atoms with E-state index in [4.69, 9.17) is 17.3 Å². The monoisotopic (exact) mass is 518 g/mol. The number of aromatic nitrogens is 2. The Hall–Kier alpha value is -2.46. The molecule has 1 aliphatic rings. The van der Waals surface area contributed by atoms with Crippen LogP contribution in [0, 0.1) is 11.8 Å². The molecule has 0 amide bonds. The van der Waals surface area contributed by atoms with Gasteiger partial charge in [-0.3, -0.25) is 0 Å². The van der Waals surface area contributed by atoms with Crippen molar-refractivity contribution in [3.63, 3.8) is 0 Å². The molecule has 3 aromatic rings. The van der Waals surface area contributed by atoms with Gasteiger partial charge in [-0.05, 0) is 61.8 Å². The van der Waals surface area contributed by atoms with Crippen LogP contribution in [0.2, 0.25) is 5.02 Å². The lowest BCUT2D eigenvalue weighted by atomic mass is 9.82. The van der Waals surface area contributed by atoms with Gasteiger partial charge in [-0.1, -0.05) is 43.3 Å². The number of fused-ring (bicyclic) bond motifs is 1. The van der Waals surface area contributed by atoms with E-state index in [0.29, 0.717) is 37.4 Å². The molecule has 0 spiro atoms. The van der Waals surface area contributed by atoms with Crippen LogP contribution in [-0.2, 0) is 10.0 Å². The molecule has 1 fully saturated rings. The van der Waals surface area contributed by atoms with Crippen molar-refractivity contribution in [1.82, 2.24) is 14.7 Å². The Morgan fingerprint density at radius 2 is 1.57 bits per heavy atom. The molecule has 0 atom stereocenters. The molecule has 0 bridgehead atoms. The summed E-state index contributed by atoms with van der Waals surface area (Å²) in [4.78, 5) is 9.44. The fourth-order valence-electron chi connectivity index (χ4n) is 4.32. The van der Waals surface area contributed by atoms with Crippen molar-refractivity contribution in [3.05, 3.63) is 53.6 Å². The summed E-state index contributed by atoms with van der Waals surface area (Å²) in [5, 5.41) is 7.90. The third-order valence-corrected chi connectivity index (χ3v) is 8.17. The minimum absolute atomic E-state index is 0. The van der Waals surface area contributed by atoms with Crippen molar-refractivity contribution >= 4 is 44.3 Å². The summed E-state index contributed by atoms with van der Waals surface area (Å²) in [6, 6.07) is 14.4. The lowest BCUT2D eigenvalue weighted by molar-refractivity contribution is 0.284. The van der Waals surface area contributed by atoms with Crippen molar-refractivity contribution < 1.29 is 8.42 Å². The van der Waals surface area contributed by atoms with E-state index in [-0.39, 0.29) is 17.3 Å². The van der Waals surface area contributed by atoms with Gasteiger partial charge in [0.05, 0.1) is 10.5 Å². The van der Waals surface area contributed by atoms with Crippen LogP contribution in [0.25, 0.3) is 10.9 Å². The normalized spacial score (nSPS) is 18.1. The predicted molar refractivity (Wildman–Crippen MR) is 144 cm³/mol. The van der Waals surface area contributed by atoms with Gasteiger partial charge in [0, 0.05) is 31.6 Å². The van der Waals surface area contributed by atoms with E-state index >= 15 is 0 Å². The minimum Gasteiger partial charge on any atom is -0.368 e. The van der Waals surface area contributed by atoms with Crippen LogP contribution in [0.15, 0.2) is 53.4 Å². The van der Waals surface area contributed by atoms with Crippen molar-refractivity contribution in [2.75, 3.05) is 36.8 Å². The fraction of sp³-hybridized carbons (Fsp3) is 0.440. The summed E-state index contributed by atoms with van der Waals surface area (Å²) < 4.78 is 27.9. The summed E-state index contributed by atoms with van der Waals surface area (Å²) >= 11 is 6.06. The Labute approximate surface area is 213 Å². The Morgan fingerprint density at radius 3 is 2.29 bits per heavy atom. The molecule has 8 nitrogen and oxygen atoms in total. The van der Waals surface area contributed by atoms with E-state index in [2.05, 4.69) is 25.3 Å². The lowest BCUT2D eigenvalue weighted by Crippen LogP contribution is -2.32. The van der Waals surface area contributed by atoms with Crippen LogP contribution in [0.1, 0.15) is 33.1 Å². The molecular formula is C25H35ClN6O2S. The molecule has 2 aromatic carbocycles. The Kier molecular flexibility index (Phi) is 9.68. The summed E-state index contributed by atoms with van der Waals surface area (Å²) in [5.74, 6) is 2.20. The van der Waals surface area contributed by atoms with Crippen molar-refractivity contribution in [3.8, 4) is 0 Å². The van der Waals surface area contributed by atoms with Gasteiger partial charge in [-0.2, -0.15) is 4.98 Å². The van der Waals surface area contributed by atoms with Gasteiger partial charge in [0.2, 0.25) is 16.0 Å². The molecule has 0 radical (unpaired) electrons. The number of benzene rings is 2. The molecule has 1 saturated carbocycles. The van der Waals surface area contributed by atoms with Gasteiger partial charge in [-0.25, -0.2) is 18.1 Å². The van der Waals surface area contributed by atoms with Gasteiger partial charge in [0.25, 0.3) is 0 Å². The van der Waals surface area contributed by atoms with Crippen LogP contribution in [0.3, 0.4) is 0 Å². The average Bonchev–Trinajstić information content (AvgIpc) is 2.85. The number of para-hydroxylation sites is 1.